The zero-order valence-electron chi connectivity index (χ0n) is 27.6. The van der Waals surface area contributed by atoms with E-state index in [1.54, 1.807) is 12.3 Å². The number of nitrogens with one attached hydrogen (secondary N) is 2. The monoisotopic (exact) mass is 663 g/mol. The van der Waals surface area contributed by atoms with Gasteiger partial charge in [-0.3, -0.25) is 28.9 Å². The number of aliphatic hydroxyl groups is 1. The average Bonchev–Trinajstić information content (AvgIpc) is 3.88. The van der Waals surface area contributed by atoms with Crippen LogP contribution in [-0.4, -0.2) is 80.4 Å². The van der Waals surface area contributed by atoms with Gasteiger partial charge in [0, 0.05) is 50.3 Å². The van der Waals surface area contributed by atoms with Gasteiger partial charge in [0.2, 0.25) is 0 Å². The molecule has 254 valence electrons. The number of carbonyl (C=O) groups is 3. The van der Waals surface area contributed by atoms with Gasteiger partial charge in [-0.15, -0.1) is 0 Å². The van der Waals surface area contributed by atoms with Gasteiger partial charge in [0.05, 0.1) is 24.3 Å². The highest BCUT2D eigenvalue weighted by molar-refractivity contribution is 6.07. The SMILES string of the molecule is Cc1c(NC(=O)c2ccc(CNCCO)cn2)cccc1-c1cccc2c1CCN2C(=O)c1cc2n(n1)CCCC2N1CC[C@@H](C(=O)O)C1. The number of aliphatic hydroxyl groups excluding tert-OH is 1. The fourth-order valence-corrected chi connectivity index (χ4v) is 7.47. The molecule has 2 amide bonds. The summed E-state index contributed by atoms with van der Waals surface area (Å²) in [4.78, 5) is 47.1. The minimum Gasteiger partial charge on any atom is -0.481 e. The number of anilines is 2. The van der Waals surface area contributed by atoms with Crippen molar-refractivity contribution in [3.63, 3.8) is 0 Å². The van der Waals surface area contributed by atoms with Crippen molar-refractivity contribution in [1.82, 2.24) is 25.0 Å². The molecule has 0 bridgehead atoms. The van der Waals surface area contributed by atoms with Gasteiger partial charge >= 0.3 is 5.97 Å². The van der Waals surface area contributed by atoms with E-state index in [9.17, 15) is 19.5 Å². The zero-order valence-corrected chi connectivity index (χ0v) is 27.6. The van der Waals surface area contributed by atoms with Gasteiger partial charge in [0.15, 0.2) is 5.69 Å². The number of nitrogens with zero attached hydrogens (tertiary/aromatic N) is 5. The van der Waals surface area contributed by atoms with E-state index in [1.807, 2.05) is 59.0 Å². The van der Waals surface area contributed by atoms with Crippen LogP contribution in [0.25, 0.3) is 11.1 Å². The number of likely N-dealkylation sites (tertiary alicyclic amines) is 1. The Balaban J connectivity index is 1.09. The topological polar surface area (TPSA) is 153 Å². The van der Waals surface area contributed by atoms with Crippen LogP contribution in [0.1, 0.15) is 68.7 Å². The predicted molar refractivity (Wildman–Crippen MR) is 184 cm³/mol. The van der Waals surface area contributed by atoms with Crippen LogP contribution in [0.2, 0.25) is 0 Å². The first-order chi connectivity index (χ1) is 23.8. The maximum absolute atomic E-state index is 14.0. The standard InChI is InChI=1S/C37H41N7O5/c1-23-26(5-2-7-29(23)40-35(46)30-11-10-24(21-39-30)20-38-14-18-45)27-6-3-8-32-28(27)13-17-43(32)36(47)31-19-34-33(9-4-15-44(34)41-31)42-16-12-25(22-42)37(48)49/h2-3,5-8,10-11,19,21,25,33,38,45H,4,9,12-18,20,22H2,1H3,(H,40,46)(H,48,49)/t25-,33?/m1/s1. The van der Waals surface area contributed by atoms with Gasteiger partial charge in [-0.05, 0) is 91.2 Å². The van der Waals surface area contributed by atoms with Crippen molar-refractivity contribution < 1.29 is 24.6 Å². The molecule has 0 radical (unpaired) electrons. The molecule has 4 N–H and O–H groups in total. The predicted octanol–water partition coefficient (Wildman–Crippen LogP) is 4.03. The average molecular weight is 664 g/mol. The summed E-state index contributed by atoms with van der Waals surface area (Å²) in [7, 11) is 0. The first-order valence-corrected chi connectivity index (χ1v) is 17.0. The summed E-state index contributed by atoms with van der Waals surface area (Å²) in [5, 5.41) is 29.3. The molecule has 5 heterocycles. The number of aromatic nitrogens is 3. The number of amides is 2. The number of carbonyl (C=O) groups excluding carboxylic acids is 2. The summed E-state index contributed by atoms with van der Waals surface area (Å²) >= 11 is 0. The molecular weight excluding hydrogens is 622 g/mol. The second-order valence-corrected chi connectivity index (χ2v) is 13.0. The van der Waals surface area contributed by atoms with Crippen molar-refractivity contribution in [2.24, 2.45) is 5.92 Å². The second-order valence-electron chi connectivity index (χ2n) is 13.0. The lowest BCUT2D eigenvalue weighted by molar-refractivity contribution is -0.141. The summed E-state index contributed by atoms with van der Waals surface area (Å²) in [6.07, 6.45) is 4.85. The van der Waals surface area contributed by atoms with Crippen LogP contribution >= 0.6 is 0 Å². The molecule has 1 fully saturated rings. The summed E-state index contributed by atoms with van der Waals surface area (Å²) in [5.74, 6) is -1.54. The van der Waals surface area contributed by atoms with E-state index in [1.165, 1.54) is 0 Å². The van der Waals surface area contributed by atoms with Crippen LogP contribution in [0.4, 0.5) is 11.4 Å². The van der Waals surface area contributed by atoms with Crippen LogP contribution < -0.4 is 15.5 Å². The maximum atomic E-state index is 14.0. The Morgan fingerprint density at radius 1 is 0.980 bits per heavy atom. The summed E-state index contributed by atoms with van der Waals surface area (Å²) in [6.45, 7) is 5.62. The van der Waals surface area contributed by atoms with Crippen molar-refractivity contribution in [3.8, 4) is 11.1 Å². The number of aryl methyl sites for hydroxylation is 1. The first kappa shape index (κ1) is 32.6. The minimum atomic E-state index is -0.746. The third-order valence-corrected chi connectivity index (χ3v) is 10.0. The Labute approximate surface area is 284 Å². The summed E-state index contributed by atoms with van der Waals surface area (Å²) in [5.41, 5.74) is 8.17. The lowest BCUT2D eigenvalue weighted by atomic mass is 9.93. The molecule has 3 aliphatic rings. The van der Waals surface area contributed by atoms with Crippen molar-refractivity contribution in [2.75, 3.05) is 43.0 Å². The van der Waals surface area contributed by atoms with Crippen molar-refractivity contribution >= 4 is 29.2 Å². The largest absolute Gasteiger partial charge is 0.481 e. The molecule has 2 aromatic carbocycles. The molecule has 12 heteroatoms. The van der Waals surface area contributed by atoms with Crippen molar-refractivity contribution in [1.29, 1.82) is 0 Å². The van der Waals surface area contributed by atoms with Crippen molar-refractivity contribution in [2.45, 2.75) is 51.7 Å². The first-order valence-electron chi connectivity index (χ1n) is 17.0. The molecule has 0 saturated carbocycles. The van der Waals surface area contributed by atoms with E-state index >= 15 is 0 Å². The number of pyridine rings is 1. The second kappa shape index (κ2) is 13.9. The lowest BCUT2D eigenvalue weighted by Gasteiger charge is -2.31. The molecular formula is C37H41N7O5. The van der Waals surface area contributed by atoms with E-state index in [4.69, 9.17) is 10.2 Å². The molecule has 12 nitrogen and oxygen atoms in total. The molecule has 2 atom stereocenters. The van der Waals surface area contributed by atoms with Gasteiger partial charge < -0.3 is 25.7 Å². The highest BCUT2D eigenvalue weighted by Gasteiger charge is 2.37. The van der Waals surface area contributed by atoms with E-state index in [0.29, 0.717) is 56.1 Å². The van der Waals surface area contributed by atoms with Crippen LogP contribution in [0, 0.1) is 12.8 Å². The molecule has 1 saturated heterocycles. The zero-order chi connectivity index (χ0) is 34.1. The summed E-state index contributed by atoms with van der Waals surface area (Å²) < 4.78 is 1.94. The van der Waals surface area contributed by atoms with Crippen molar-refractivity contribution in [3.05, 3.63) is 94.6 Å². The quantitative estimate of drug-likeness (QED) is 0.184. The molecule has 0 aliphatic carbocycles. The van der Waals surface area contributed by atoms with Crippen LogP contribution in [0.3, 0.4) is 0 Å². The molecule has 1 unspecified atom stereocenters. The number of benzene rings is 2. The number of fused-ring (bicyclic) bond motifs is 2. The smallest absolute Gasteiger partial charge is 0.307 e. The Morgan fingerprint density at radius 3 is 2.59 bits per heavy atom. The van der Waals surface area contributed by atoms with E-state index < -0.39 is 5.97 Å². The normalized spacial score (nSPS) is 18.7. The fourth-order valence-electron chi connectivity index (χ4n) is 7.47. The Hall–Kier alpha value is -4.91. The van der Waals surface area contributed by atoms with Crippen LogP contribution in [0.15, 0.2) is 60.8 Å². The number of hydrogen-bond donors (Lipinski definition) is 4. The van der Waals surface area contributed by atoms with Gasteiger partial charge in [-0.1, -0.05) is 30.3 Å². The number of rotatable bonds is 10. The fraction of sp³-hybridized carbons (Fsp3) is 0.378. The van der Waals surface area contributed by atoms with Gasteiger partial charge in [-0.25, -0.2) is 0 Å². The summed E-state index contributed by atoms with van der Waals surface area (Å²) in [6, 6.07) is 17.4. The number of carboxylic acids is 1. The van der Waals surface area contributed by atoms with E-state index in [-0.39, 0.29) is 30.4 Å². The molecule has 7 rings (SSSR count). The van der Waals surface area contributed by atoms with Gasteiger partial charge in [0.1, 0.15) is 5.69 Å². The third-order valence-electron chi connectivity index (χ3n) is 10.0. The Kier molecular flexibility index (Phi) is 9.26. The number of hydrogen-bond acceptors (Lipinski definition) is 8. The van der Waals surface area contributed by atoms with Gasteiger partial charge in [-0.2, -0.15) is 5.10 Å². The van der Waals surface area contributed by atoms with Gasteiger partial charge in [0.25, 0.3) is 11.8 Å². The Morgan fingerprint density at radius 2 is 1.82 bits per heavy atom. The van der Waals surface area contributed by atoms with E-state index in [0.717, 1.165) is 65.1 Å². The number of aliphatic carboxylic acids is 1. The molecule has 3 aliphatic heterocycles. The van der Waals surface area contributed by atoms with Crippen LogP contribution in [-0.2, 0) is 24.3 Å². The Bertz CT molecular complexity index is 1890. The van der Waals surface area contributed by atoms with E-state index in [2.05, 4.69) is 26.6 Å². The molecule has 0 spiro atoms. The molecule has 49 heavy (non-hydrogen) atoms. The third kappa shape index (κ3) is 6.46. The molecule has 2 aromatic heterocycles. The lowest BCUT2D eigenvalue weighted by Crippen LogP contribution is -2.32. The molecule has 4 aromatic rings. The highest BCUT2D eigenvalue weighted by Crippen LogP contribution is 2.40. The maximum Gasteiger partial charge on any atom is 0.307 e. The van der Waals surface area contributed by atoms with Crippen LogP contribution in [0.5, 0.6) is 0 Å². The highest BCUT2D eigenvalue weighted by atomic mass is 16.4. The minimum absolute atomic E-state index is 0.0566. The number of carboxylic acid groups (broad SMARTS) is 1.